The molecule has 16 heavy (non-hydrogen) atoms. The molecule has 1 aliphatic rings. The topological polar surface area (TPSA) is 41.8 Å². The third kappa shape index (κ3) is 2.25. The van der Waals surface area contributed by atoms with Gasteiger partial charge in [-0.25, -0.2) is 0 Å². The first-order valence-corrected chi connectivity index (χ1v) is 5.80. The van der Waals surface area contributed by atoms with Crippen LogP contribution in [0, 0.1) is 0 Å². The minimum atomic E-state index is -0.589. The fourth-order valence-corrected chi connectivity index (χ4v) is 1.86. The molecule has 0 saturated carbocycles. The van der Waals surface area contributed by atoms with Gasteiger partial charge in [-0.2, -0.15) is 0 Å². The van der Waals surface area contributed by atoms with Crippen LogP contribution in [0.4, 0.5) is 0 Å². The molecule has 2 unspecified atom stereocenters. The van der Waals surface area contributed by atoms with E-state index in [1.54, 1.807) is 0 Å². The summed E-state index contributed by atoms with van der Waals surface area (Å²) in [7, 11) is 0. The van der Waals surface area contributed by atoms with Gasteiger partial charge in [-0.3, -0.25) is 0 Å². The Kier molecular flexibility index (Phi) is 3.57. The maximum Gasteiger partial charge on any atom is 0.159 e. The number of aliphatic hydroxyl groups excluding tert-OH is 1. The van der Waals surface area contributed by atoms with E-state index in [1.807, 2.05) is 30.3 Å². The number of unbranched alkanes of at least 4 members (excludes halogenated alkanes) is 1. The van der Waals surface area contributed by atoms with Crippen LogP contribution in [0.2, 0.25) is 0 Å². The summed E-state index contributed by atoms with van der Waals surface area (Å²) in [6, 6.07) is 9.69. The molecule has 0 radical (unpaired) electrons. The summed E-state index contributed by atoms with van der Waals surface area (Å²) in [6.45, 7) is 2.13. The predicted molar refractivity (Wildman–Crippen MR) is 63.4 cm³/mol. The first kappa shape index (κ1) is 11.1. The van der Waals surface area contributed by atoms with Gasteiger partial charge in [0.05, 0.1) is 0 Å². The Morgan fingerprint density at radius 3 is 2.75 bits per heavy atom. The number of hydrogen-bond donors (Lipinski definition) is 1. The van der Waals surface area contributed by atoms with Gasteiger partial charge in [-0.15, -0.1) is 0 Å². The van der Waals surface area contributed by atoms with Crippen molar-refractivity contribution in [3.8, 4) is 0 Å². The van der Waals surface area contributed by atoms with E-state index in [2.05, 4.69) is 12.1 Å². The van der Waals surface area contributed by atoms with Crippen LogP contribution in [0.3, 0.4) is 0 Å². The summed E-state index contributed by atoms with van der Waals surface area (Å²) in [5, 5.41) is 14.1. The van der Waals surface area contributed by atoms with Crippen molar-refractivity contribution in [2.45, 2.75) is 38.4 Å². The van der Waals surface area contributed by atoms with Crippen molar-refractivity contribution in [1.82, 2.24) is 0 Å². The van der Waals surface area contributed by atoms with Crippen LogP contribution in [0.25, 0.3) is 0 Å². The quantitative estimate of drug-likeness (QED) is 0.844. The molecule has 0 amide bonds. The number of benzene rings is 1. The van der Waals surface area contributed by atoms with Crippen LogP contribution in [0.15, 0.2) is 35.5 Å². The zero-order valence-electron chi connectivity index (χ0n) is 9.47. The molecule has 2 atom stereocenters. The molecule has 2 rings (SSSR count). The molecule has 1 aromatic carbocycles. The Hall–Kier alpha value is -1.35. The van der Waals surface area contributed by atoms with E-state index in [-0.39, 0.29) is 6.10 Å². The Morgan fingerprint density at radius 1 is 1.31 bits per heavy atom. The summed E-state index contributed by atoms with van der Waals surface area (Å²) in [5.41, 5.74) is 1.59. The highest BCUT2D eigenvalue weighted by Crippen LogP contribution is 2.21. The summed E-state index contributed by atoms with van der Waals surface area (Å²) in [6.07, 6.45) is 2.26. The number of nitrogens with zero attached hydrogens (tertiary/aromatic N) is 1. The number of hydrogen-bond acceptors (Lipinski definition) is 3. The van der Waals surface area contributed by atoms with Crippen molar-refractivity contribution in [2.24, 2.45) is 5.16 Å². The predicted octanol–water partition coefficient (Wildman–Crippen LogP) is 2.34. The lowest BCUT2D eigenvalue weighted by atomic mass is 9.99. The molecule has 1 aliphatic heterocycles. The molecule has 0 spiro atoms. The molecule has 0 bridgehead atoms. The van der Waals surface area contributed by atoms with Gasteiger partial charge in [-0.05, 0) is 12.8 Å². The monoisotopic (exact) mass is 219 g/mol. The van der Waals surface area contributed by atoms with Crippen LogP contribution in [-0.2, 0) is 4.84 Å². The molecule has 0 fully saturated rings. The summed E-state index contributed by atoms with van der Waals surface area (Å²) in [5.74, 6) is 0. The summed E-state index contributed by atoms with van der Waals surface area (Å²) < 4.78 is 0. The lowest BCUT2D eigenvalue weighted by Crippen LogP contribution is -2.29. The maximum atomic E-state index is 10.1. The molecule has 1 aromatic rings. The van der Waals surface area contributed by atoms with Gasteiger partial charge in [0.15, 0.2) is 6.10 Å². The van der Waals surface area contributed by atoms with Gasteiger partial charge in [0.1, 0.15) is 11.8 Å². The highest BCUT2D eigenvalue weighted by molar-refractivity contribution is 6.04. The van der Waals surface area contributed by atoms with Gasteiger partial charge in [0, 0.05) is 5.56 Å². The minimum absolute atomic E-state index is 0.171. The zero-order chi connectivity index (χ0) is 11.4. The molecule has 3 heteroatoms. The van der Waals surface area contributed by atoms with Crippen LogP contribution in [0.1, 0.15) is 31.7 Å². The normalized spacial score (nSPS) is 24.0. The van der Waals surface area contributed by atoms with E-state index in [0.717, 1.165) is 24.8 Å². The van der Waals surface area contributed by atoms with Crippen LogP contribution in [0.5, 0.6) is 0 Å². The Balaban J connectivity index is 2.04. The van der Waals surface area contributed by atoms with Gasteiger partial charge in [0.25, 0.3) is 0 Å². The molecule has 0 saturated heterocycles. The number of aliphatic hydroxyl groups is 1. The van der Waals surface area contributed by atoms with Crippen molar-refractivity contribution in [2.75, 3.05) is 0 Å². The minimum Gasteiger partial charge on any atom is -0.389 e. The second kappa shape index (κ2) is 5.12. The molecular formula is C13H17NO2. The van der Waals surface area contributed by atoms with E-state index in [4.69, 9.17) is 4.84 Å². The highest BCUT2D eigenvalue weighted by atomic mass is 16.7. The Bertz CT molecular complexity index is 361. The largest absolute Gasteiger partial charge is 0.389 e. The van der Waals surface area contributed by atoms with E-state index >= 15 is 0 Å². The molecular weight excluding hydrogens is 202 g/mol. The first-order valence-electron chi connectivity index (χ1n) is 5.80. The number of rotatable bonds is 4. The average molecular weight is 219 g/mol. The Labute approximate surface area is 95.7 Å². The van der Waals surface area contributed by atoms with Crippen molar-refractivity contribution in [1.29, 1.82) is 0 Å². The molecule has 0 aromatic heterocycles. The van der Waals surface area contributed by atoms with E-state index < -0.39 is 6.10 Å². The fraction of sp³-hybridized carbons (Fsp3) is 0.462. The Morgan fingerprint density at radius 2 is 2.06 bits per heavy atom. The van der Waals surface area contributed by atoms with Crippen LogP contribution >= 0.6 is 0 Å². The number of oxime groups is 1. The smallest absolute Gasteiger partial charge is 0.159 e. The van der Waals surface area contributed by atoms with E-state index in [0.29, 0.717) is 5.71 Å². The average Bonchev–Trinajstić information content (AvgIpc) is 2.69. The van der Waals surface area contributed by atoms with Crippen molar-refractivity contribution in [3.05, 3.63) is 35.9 Å². The summed E-state index contributed by atoms with van der Waals surface area (Å²) >= 11 is 0. The molecule has 3 nitrogen and oxygen atoms in total. The van der Waals surface area contributed by atoms with Gasteiger partial charge >= 0.3 is 0 Å². The third-order valence-electron chi connectivity index (χ3n) is 2.83. The van der Waals surface area contributed by atoms with Crippen molar-refractivity contribution in [3.63, 3.8) is 0 Å². The molecule has 86 valence electrons. The van der Waals surface area contributed by atoms with E-state index in [9.17, 15) is 5.11 Å². The molecule has 1 heterocycles. The van der Waals surface area contributed by atoms with Gasteiger partial charge in [0.2, 0.25) is 0 Å². The standard InChI is InChI=1S/C13H17NO2/c1-2-3-9-11-13(15)12(14-16-11)10-7-5-4-6-8-10/h4-8,11,13,15H,2-3,9H2,1H3. The summed E-state index contributed by atoms with van der Waals surface area (Å²) in [4.78, 5) is 5.27. The zero-order valence-corrected chi connectivity index (χ0v) is 9.47. The van der Waals surface area contributed by atoms with Crippen LogP contribution in [-0.4, -0.2) is 23.0 Å². The second-order valence-electron chi connectivity index (χ2n) is 4.07. The fourth-order valence-electron chi connectivity index (χ4n) is 1.86. The van der Waals surface area contributed by atoms with Gasteiger partial charge in [-0.1, -0.05) is 48.8 Å². The third-order valence-corrected chi connectivity index (χ3v) is 2.83. The van der Waals surface area contributed by atoms with Crippen molar-refractivity contribution >= 4 is 5.71 Å². The van der Waals surface area contributed by atoms with E-state index in [1.165, 1.54) is 0 Å². The molecule has 0 aliphatic carbocycles. The lowest BCUT2D eigenvalue weighted by molar-refractivity contribution is 0.0153. The second-order valence-corrected chi connectivity index (χ2v) is 4.07. The SMILES string of the molecule is CCCCC1ON=C(c2ccccc2)C1O. The lowest BCUT2D eigenvalue weighted by Gasteiger charge is -2.12. The highest BCUT2D eigenvalue weighted by Gasteiger charge is 2.32. The van der Waals surface area contributed by atoms with Crippen molar-refractivity contribution < 1.29 is 9.94 Å². The van der Waals surface area contributed by atoms with Gasteiger partial charge < -0.3 is 9.94 Å². The maximum absolute atomic E-state index is 10.1. The first-order chi connectivity index (χ1) is 7.83. The van der Waals surface area contributed by atoms with Crippen LogP contribution < -0.4 is 0 Å². The molecule has 1 N–H and O–H groups in total.